The minimum Gasteiger partial charge on any atom is -0.387 e. The van der Waals surface area contributed by atoms with Crippen LogP contribution in [0.25, 0.3) is 22.5 Å². The van der Waals surface area contributed by atoms with Crippen LogP contribution < -0.4 is 4.18 Å². The normalized spacial score (nSPS) is 13.3. The molecule has 0 aliphatic rings. The fourth-order valence-electron chi connectivity index (χ4n) is 2.20. The molecule has 1 heterocycles. The molecule has 116 valence electrons. The van der Waals surface area contributed by atoms with Crippen molar-refractivity contribution in [1.29, 1.82) is 0 Å². The van der Waals surface area contributed by atoms with E-state index < -0.39 is 9.80 Å². The van der Waals surface area contributed by atoms with Gasteiger partial charge < -0.3 is 4.18 Å². The maximum atomic E-state index is 11.8. The second-order valence-corrected chi connectivity index (χ2v) is 7.16. The molecule has 0 spiro atoms. The standard InChI is InChI=1S/C18H16N2O2S/c1-23(2,21)22-16-13-19-17(14-9-5-3-6-10-14)18(20-16)15-11-7-4-8-12-15/h3-13H,1H2,2H3. The lowest BCUT2D eigenvalue weighted by atomic mass is 10.0. The highest BCUT2D eigenvalue weighted by Gasteiger charge is 2.13. The van der Waals surface area contributed by atoms with E-state index in [-0.39, 0.29) is 5.88 Å². The smallest absolute Gasteiger partial charge is 0.249 e. The van der Waals surface area contributed by atoms with E-state index in [4.69, 9.17) is 4.18 Å². The first kappa shape index (κ1) is 15.2. The third-order valence-corrected chi connectivity index (χ3v) is 3.63. The lowest BCUT2D eigenvalue weighted by Gasteiger charge is -2.11. The second-order valence-electron chi connectivity index (χ2n) is 5.15. The first-order valence-electron chi connectivity index (χ1n) is 7.02. The highest BCUT2D eigenvalue weighted by atomic mass is 32.2. The monoisotopic (exact) mass is 324 g/mol. The van der Waals surface area contributed by atoms with Crippen molar-refractivity contribution >= 4 is 15.7 Å². The molecule has 3 aromatic rings. The van der Waals surface area contributed by atoms with Crippen molar-refractivity contribution in [2.75, 3.05) is 6.26 Å². The summed E-state index contributed by atoms with van der Waals surface area (Å²) in [6.07, 6.45) is 2.89. The summed E-state index contributed by atoms with van der Waals surface area (Å²) in [6, 6.07) is 19.5. The summed E-state index contributed by atoms with van der Waals surface area (Å²) in [6.45, 7) is 0. The number of aromatic nitrogens is 2. The Hall–Kier alpha value is -2.66. The number of hydrogen-bond donors (Lipinski definition) is 0. The molecule has 0 bridgehead atoms. The van der Waals surface area contributed by atoms with Crippen molar-refractivity contribution in [3.05, 3.63) is 66.9 Å². The summed E-state index contributed by atoms with van der Waals surface area (Å²) in [5.41, 5.74) is 3.29. The Morgan fingerprint density at radius 3 is 1.96 bits per heavy atom. The molecule has 1 aromatic heterocycles. The van der Waals surface area contributed by atoms with E-state index in [0.717, 1.165) is 16.8 Å². The molecule has 23 heavy (non-hydrogen) atoms. The van der Waals surface area contributed by atoms with Gasteiger partial charge in [-0.3, -0.25) is 0 Å². The molecular formula is C18H16N2O2S. The summed E-state index contributed by atoms with van der Waals surface area (Å²) >= 11 is 0. The van der Waals surface area contributed by atoms with Gasteiger partial charge in [0.05, 0.1) is 11.9 Å². The van der Waals surface area contributed by atoms with Gasteiger partial charge in [-0.25, -0.2) is 14.2 Å². The minimum absolute atomic E-state index is 0.200. The van der Waals surface area contributed by atoms with Crippen LogP contribution in [0, 0.1) is 0 Å². The molecule has 4 nitrogen and oxygen atoms in total. The molecule has 0 saturated carbocycles. The first-order chi connectivity index (χ1) is 11.0. The van der Waals surface area contributed by atoms with Crippen molar-refractivity contribution in [3.63, 3.8) is 0 Å². The molecule has 1 unspecified atom stereocenters. The molecule has 0 fully saturated rings. The Labute approximate surface area is 136 Å². The number of nitrogens with zero attached hydrogens (tertiary/aromatic N) is 2. The third-order valence-electron chi connectivity index (χ3n) is 3.11. The summed E-state index contributed by atoms with van der Waals surface area (Å²) in [5.74, 6) is 3.69. The number of benzene rings is 2. The molecule has 3 rings (SSSR count). The van der Waals surface area contributed by atoms with Gasteiger partial charge in [-0.05, 0) is 5.87 Å². The molecule has 1 atom stereocenters. The fourth-order valence-corrected chi connectivity index (χ4v) is 2.64. The molecule has 5 heteroatoms. The molecule has 0 radical (unpaired) electrons. The van der Waals surface area contributed by atoms with Gasteiger partial charge in [0.15, 0.2) is 0 Å². The average Bonchev–Trinajstić information content (AvgIpc) is 2.55. The minimum atomic E-state index is -2.66. The predicted molar refractivity (Wildman–Crippen MR) is 94.7 cm³/mol. The summed E-state index contributed by atoms with van der Waals surface area (Å²) in [5, 5.41) is 0. The highest BCUT2D eigenvalue weighted by molar-refractivity contribution is 7.95. The largest absolute Gasteiger partial charge is 0.387 e. The zero-order chi connectivity index (χ0) is 16.3. The van der Waals surface area contributed by atoms with Crippen molar-refractivity contribution in [1.82, 2.24) is 9.97 Å². The molecule has 0 aliphatic heterocycles. The van der Waals surface area contributed by atoms with Gasteiger partial charge in [-0.1, -0.05) is 60.7 Å². The van der Waals surface area contributed by atoms with Gasteiger partial charge in [0, 0.05) is 17.4 Å². The Kier molecular flexibility index (Phi) is 4.12. The van der Waals surface area contributed by atoms with Crippen molar-refractivity contribution < 1.29 is 8.39 Å². The SMILES string of the molecule is C=S(C)(=O)Oc1cnc(-c2ccccc2)c(-c2ccccc2)n1. The third kappa shape index (κ3) is 3.76. The van der Waals surface area contributed by atoms with Crippen LogP contribution in [-0.4, -0.2) is 26.3 Å². The maximum absolute atomic E-state index is 11.8. The number of rotatable bonds is 4. The van der Waals surface area contributed by atoms with E-state index in [9.17, 15) is 4.21 Å². The van der Waals surface area contributed by atoms with Crippen LogP contribution in [0.4, 0.5) is 0 Å². The van der Waals surface area contributed by atoms with Crippen LogP contribution in [0.15, 0.2) is 66.9 Å². The Bertz CT molecular complexity index is 908. The summed E-state index contributed by atoms with van der Waals surface area (Å²) < 4.78 is 17.1. The van der Waals surface area contributed by atoms with E-state index in [2.05, 4.69) is 15.8 Å². The fraction of sp³-hybridized carbons (Fsp3) is 0.0556. The van der Waals surface area contributed by atoms with E-state index >= 15 is 0 Å². The average molecular weight is 324 g/mol. The molecular weight excluding hydrogens is 308 g/mol. The van der Waals surface area contributed by atoms with Gasteiger partial charge >= 0.3 is 0 Å². The zero-order valence-electron chi connectivity index (χ0n) is 12.7. The molecule has 0 amide bonds. The van der Waals surface area contributed by atoms with Gasteiger partial charge in [0.2, 0.25) is 5.88 Å². The van der Waals surface area contributed by atoms with Crippen LogP contribution in [-0.2, 0) is 9.80 Å². The lowest BCUT2D eigenvalue weighted by Crippen LogP contribution is -2.08. The topological polar surface area (TPSA) is 52.1 Å². The molecule has 2 aromatic carbocycles. The van der Waals surface area contributed by atoms with Crippen molar-refractivity contribution in [2.45, 2.75) is 0 Å². The van der Waals surface area contributed by atoms with Gasteiger partial charge in [0.1, 0.15) is 15.5 Å². The molecule has 0 saturated heterocycles. The second kappa shape index (κ2) is 6.22. The molecule has 0 N–H and O–H groups in total. The van der Waals surface area contributed by atoms with Gasteiger partial charge in [-0.2, -0.15) is 0 Å². The zero-order valence-corrected chi connectivity index (χ0v) is 13.5. The first-order valence-corrected chi connectivity index (χ1v) is 9.08. The predicted octanol–water partition coefficient (Wildman–Crippen LogP) is 3.45. The van der Waals surface area contributed by atoms with E-state index in [1.807, 2.05) is 60.7 Å². The van der Waals surface area contributed by atoms with Crippen molar-refractivity contribution in [2.24, 2.45) is 0 Å². The Morgan fingerprint density at radius 2 is 1.43 bits per heavy atom. The Morgan fingerprint density at radius 1 is 0.913 bits per heavy atom. The van der Waals surface area contributed by atoms with Crippen LogP contribution in [0.2, 0.25) is 0 Å². The van der Waals surface area contributed by atoms with Crippen LogP contribution in [0.1, 0.15) is 0 Å². The number of hydrogen-bond acceptors (Lipinski definition) is 4. The van der Waals surface area contributed by atoms with Crippen LogP contribution >= 0.6 is 0 Å². The quantitative estimate of drug-likeness (QED) is 0.690. The van der Waals surface area contributed by atoms with Gasteiger partial charge in [-0.15, -0.1) is 0 Å². The highest BCUT2D eigenvalue weighted by Crippen LogP contribution is 2.30. The van der Waals surface area contributed by atoms with Crippen molar-refractivity contribution in [3.8, 4) is 28.4 Å². The lowest BCUT2D eigenvalue weighted by molar-refractivity contribution is 0.546. The van der Waals surface area contributed by atoms with Crippen LogP contribution in [0.5, 0.6) is 5.88 Å². The summed E-state index contributed by atoms with van der Waals surface area (Å²) in [7, 11) is -2.66. The maximum Gasteiger partial charge on any atom is 0.249 e. The summed E-state index contributed by atoms with van der Waals surface area (Å²) in [4.78, 5) is 8.97. The van der Waals surface area contributed by atoms with E-state index in [0.29, 0.717) is 5.69 Å². The molecule has 0 aliphatic carbocycles. The van der Waals surface area contributed by atoms with E-state index in [1.54, 1.807) is 0 Å². The Balaban J connectivity index is 2.17. The van der Waals surface area contributed by atoms with Crippen LogP contribution in [0.3, 0.4) is 0 Å². The van der Waals surface area contributed by atoms with E-state index in [1.165, 1.54) is 12.5 Å². The van der Waals surface area contributed by atoms with Gasteiger partial charge in [0.25, 0.3) is 0 Å².